The number of carboxylic acids is 1. The summed E-state index contributed by atoms with van der Waals surface area (Å²) in [6, 6.07) is 18.0. The molecular formula is C21H15BrO2S. The highest BCUT2D eigenvalue weighted by Crippen LogP contribution is 2.36. The van der Waals surface area contributed by atoms with Crippen LogP contribution in [0.2, 0.25) is 0 Å². The largest absolute Gasteiger partial charge is 0.478 e. The lowest BCUT2D eigenvalue weighted by Gasteiger charge is -2.09. The standard InChI is InChI=1S/C21H15BrO2S/c1-12-17(18-11-15(21(23)24)8-9-19(18)25-12)10-14-7-6-13-4-2-3-5-16(13)20(14)22/h2-9,11H,10H2,1H3,(H,23,24). The van der Waals surface area contributed by atoms with Crippen LogP contribution in [0.15, 0.2) is 59.1 Å². The lowest BCUT2D eigenvalue weighted by molar-refractivity contribution is 0.0697. The Morgan fingerprint density at radius 2 is 1.88 bits per heavy atom. The number of fused-ring (bicyclic) bond motifs is 2. The summed E-state index contributed by atoms with van der Waals surface area (Å²) in [4.78, 5) is 12.6. The minimum Gasteiger partial charge on any atom is -0.478 e. The van der Waals surface area contributed by atoms with Crippen molar-refractivity contribution in [1.82, 2.24) is 0 Å². The van der Waals surface area contributed by atoms with E-state index in [9.17, 15) is 9.90 Å². The molecule has 0 saturated heterocycles. The summed E-state index contributed by atoms with van der Waals surface area (Å²) in [7, 11) is 0. The Hall–Kier alpha value is -2.17. The van der Waals surface area contributed by atoms with E-state index in [2.05, 4.69) is 47.1 Å². The van der Waals surface area contributed by atoms with Gasteiger partial charge in [0.2, 0.25) is 0 Å². The molecule has 1 heterocycles. The summed E-state index contributed by atoms with van der Waals surface area (Å²) in [6.07, 6.45) is 0.778. The van der Waals surface area contributed by atoms with E-state index >= 15 is 0 Å². The fraction of sp³-hybridized carbons (Fsp3) is 0.0952. The number of hydrogen-bond acceptors (Lipinski definition) is 2. The Kier molecular flexibility index (Phi) is 4.10. The van der Waals surface area contributed by atoms with Gasteiger partial charge in [-0.05, 0) is 68.3 Å². The van der Waals surface area contributed by atoms with E-state index in [1.54, 1.807) is 23.5 Å². The first-order valence-corrected chi connectivity index (χ1v) is 9.57. The molecule has 2 nitrogen and oxygen atoms in total. The van der Waals surface area contributed by atoms with E-state index in [4.69, 9.17) is 0 Å². The van der Waals surface area contributed by atoms with Crippen molar-refractivity contribution in [3.63, 3.8) is 0 Å². The predicted molar refractivity (Wildman–Crippen MR) is 108 cm³/mol. The summed E-state index contributed by atoms with van der Waals surface area (Å²) in [5, 5.41) is 12.7. The summed E-state index contributed by atoms with van der Waals surface area (Å²) < 4.78 is 2.24. The molecule has 124 valence electrons. The van der Waals surface area contributed by atoms with Crippen molar-refractivity contribution in [2.75, 3.05) is 0 Å². The minimum absolute atomic E-state index is 0.337. The molecule has 0 saturated carbocycles. The molecule has 3 aromatic carbocycles. The van der Waals surface area contributed by atoms with Crippen LogP contribution in [0, 0.1) is 6.92 Å². The van der Waals surface area contributed by atoms with Crippen molar-refractivity contribution < 1.29 is 9.90 Å². The molecule has 0 aliphatic rings. The van der Waals surface area contributed by atoms with Crippen molar-refractivity contribution in [1.29, 1.82) is 0 Å². The number of aryl methyl sites for hydroxylation is 1. The number of carboxylic acid groups (broad SMARTS) is 1. The molecular weight excluding hydrogens is 396 g/mol. The molecule has 0 spiro atoms. The van der Waals surface area contributed by atoms with Gasteiger partial charge in [0.05, 0.1) is 5.56 Å². The SMILES string of the molecule is Cc1sc2ccc(C(=O)O)cc2c1Cc1ccc2ccccc2c1Br. The number of aromatic carboxylic acids is 1. The van der Waals surface area contributed by atoms with Crippen molar-refractivity contribution >= 4 is 54.1 Å². The van der Waals surface area contributed by atoms with Gasteiger partial charge in [-0.1, -0.05) is 36.4 Å². The second-order valence-electron chi connectivity index (χ2n) is 6.09. The highest BCUT2D eigenvalue weighted by molar-refractivity contribution is 9.10. The Morgan fingerprint density at radius 1 is 1.08 bits per heavy atom. The Bertz CT molecular complexity index is 1130. The zero-order valence-electron chi connectivity index (χ0n) is 13.5. The maximum Gasteiger partial charge on any atom is 0.335 e. The molecule has 0 unspecified atom stereocenters. The number of halogens is 1. The average molecular weight is 411 g/mol. The molecule has 0 bridgehead atoms. The van der Waals surface area contributed by atoms with Gasteiger partial charge in [-0.2, -0.15) is 0 Å². The average Bonchev–Trinajstić information content (AvgIpc) is 2.92. The molecule has 0 aliphatic carbocycles. The van der Waals surface area contributed by atoms with Gasteiger partial charge < -0.3 is 5.11 Å². The highest BCUT2D eigenvalue weighted by Gasteiger charge is 2.14. The highest BCUT2D eigenvalue weighted by atomic mass is 79.9. The third-order valence-corrected chi connectivity index (χ3v) is 6.62. The van der Waals surface area contributed by atoms with Gasteiger partial charge in [-0.15, -0.1) is 11.3 Å². The molecule has 0 aliphatic heterocycles. The fourth-order valence-corrected chi connectivity index (χ4v) is 4.93. The van der Waals surface area contributed by atoms with E-state index < -0.39 is 5.97 Å². The van der Waals surface area contributed by atoms with Crippen molar-refractivity contribution in [2.24, 2.45) is 0 Å². The van der Waals surface area contributed by atoms with E-state index in [0.717, 1.165) is 21.0 Å². The van der Waals surface area contributed by atoms with Crippen LogP contribution in [0.25, 0.3) is 20.9 Å². The molecule has 4 aromatic rings. The third kappa shape index (κ3) is 2.86. The van der Waals surface area contributed by atoms with Crippen molar-refractivity contribution in [2.45, 2.75) is 13.3 Å². The van der Waals surface area contributed by atoms with Crippen LogP contribution in [0.3, 0.4) is 0 Å². The first-order chi connectivity index (χ1) is 12.0. The van der Waals surface area contributed by atoms with Gasteiger partial charge >= 0.3 is 5.97 Å². The van der Waals surface area contributed by atoms with Gasteiger partial charge in [0.1, 0.15) is 0 Å². The van der Waals surface area contributed by atoms with Crippen LogP contribution in [0.5, 0.6) is 0 Å². The third-order valence-electron chi connectivity index (χ3n) is 4.55. The maximum absolute atomic E-state index is 11.3. The summed E-state index contributed by atoms with van der Waals surface area (Å²) in [6.45, 7) is 2.11. The second kappa shape index (κ2) is 6.28. The molecule has 0 atom stereocenters. The Morgan fingerprint density at radius 3 is 2.68 bits per heavy atom. The molecule has 4 rings (SSSR count). The van der Waals surface area contributed by atoms with Crippen LogP contribution < -0.4 is 0 Å². The lowest BCUT2D eigenvalue weighted by Crippen LogP contribution is -1.96. The fourth-order valence-electron chi connectivity index (χ4n) is 3.23. The number of benzene rings is 3. The number of hydrogen-bond donors (Lipinski definition) is 1. The van der Waals surface area contributed by atoms with E-state index in [0.29, 0.717) is 5.56 Å². The number of rotatable bonds is 3. The number of thiophene rings is 1. The lowest BCUT2D eigenvalue weighted by atomic mass is 9.98. The predicted octanol–water partition coefficient (Wildman–Crippen LogP) is 6.41. The first-order valence-electron chi connectivity index (χ1n) is 7.96. The summed E-state index contributed by atoms with van der Waals surface area (Å²) in [5.74, 6) is -0.886. The molecule has 0 radical (unpaired) electrons. The zero-order chi connectivity index (χ0) is 17.6. The normalized spacial score (nSPS) is 11.3. The Labute approximate surface area is 157 Å². The number of carbonyl (C=O) groups is 1. The second-order valence-corrected chi connectivity index (χ2v) is 8.14. The van der Waals surface area contributed by atoms with E-state index in [1.807, 2.05) is 18.2 Å². The van der Waals surface area contributed by atoms with Crippen LogP contribution in [-0.4, -0.2) is 11.1 Å². The van der Waals surface area contributed by atoms with E-state index in [-0.39, 0.29) is 0 Å². The molecule has 1 N–H and O–H groups in total. The van der Waals surface area contributed by atoms with Crippen molar-refractivity contribution in [3.05, 3.63) is 80.6 Å². The molecule has 0 amide bonds. The summed E-state index contributed by atoms with van der Waals surface area (Å²) in [5.41, 5.74) is 2.76. The topological polar surface area (TPSA) is 37.3 Å². The van der Waals surface area contributed by atoms with Gasteiger partial charge in [0.25, 0.3) is 0 Å². The van der Waals surface area contributed by atoms with Gasteiger partial charge in [-0.3, -0.25) is 0 Å². The van der Waals surface area contributed by atoms with Gasteiger partial charge in [0, 0.05) is 20.5 Å². The minimum atomic E-state index is -0.886. The maximum atomic E-state index is 11.3. The van der Waals surface area contributed by atoms with E-state index in [1.165, 1.54) is 26.8 Å². The van der Waals surface area contributed by atoms with Crippen LogP contribution in [0.1, 0.15) is 26.4 Å². The van der Waals surface area contributed by atoms with Crippen LogP contribution in [-0.2, 0) is 6.42 Å². The first kappa shape index (κ1) is 16.3. The van der Waals surface area contributed by atoms with Crippen LogP contribution in [0.4, 0.5) is 0 Å². The molecule has 4 heteroatoms. The summed E-state index contributed by atoms with van der Waals surface area (Å²) >= 11 is 5.48. The van der Waals surface area contributed by atoms with Gasteiger partial charge in [0.15, 0.2) is 0 Å². The smallest absolute Gasteiger partial charge is 0.335 e. The quantitative estimate of drug-likeness (QED) is 0.423. The molecule has 25 heavy (non-hydrogen) atoms. The monoisotopic (exact) mass is 410 g/mol. The van der Waals surface area contributed by atoms with Gasteiger partial charge in [-0.25, -0.2) is 4.79 Å². The molecule has 1 aromatic heterocycles. The Balaban J connectivity index is 1.85. The molecule has 0 fully saturated rings. The van der Waals surface area contributed by atoms with Crippen molar-refractivity contribution in [3.8, 4) is 0 Å². The zero-order valence-corrected chi connectivity index (χ0v) is 15.9. The van der Waals surface area contributed by atoms with Crippen LogP contribution >= 0.6 is 27.3 Å².